The zero-order valence-corrected chi connectivity index (χ0v) is 11.8. The zero-order valence-electron chi connectivity index (χ0n) is 11.0. The smallest absolute Gasteiger partial charge is 0.257 e. The van der Waals surface area contributed by atoms with Crippen LogP contribution in [0.2, 0.25) is 0 Å². The van der Waals surface area contributed by atoms with Gasteiger partial charge < -0.3 is 10.3 Å². The Bertz CT molecular complexity index is 764. The lowest BCUT2D eigenvalue weighted by atomic mass is 10.1. The minimum atomic E-state index is -0.0966. The Kier molecular flexibility index (Phi) is 3.48. The first kappa shape index (κ1) is 12.8. The molecule has 0 saturated carbocycles. The molecule has 3 nitrogen and oxygen atoms in total. The standard InChI is InChI=1S/C16H14N2OS/c1-20-12-6-4-5-11(9-12)18-16(19)14-10-17-15-8-3-2-7-13(14)15/h2-10,17H,1H3,(H,18,19). The lowest BCUT2D eigenvalue weighted by Crippen LogP contribution is -2.11. The Labute approximate surface area is 121 Å². The van der Waals surface area contributed by atoms with Crippen LogP contribution in [0, 0.1) is 0 Å². The average molecular weight is 282 g/mol. The topological polar surface area (TPSA) is 44.9 Å². The number of fused-ring (bicyclic) bond motifs is 1. The van der Waals surface area contributed by atoms with Crippen LogP contribution in [-0.2, 0) is 0 Å². The van der Waals surface area contributed by atoms with E-state index in [2.05, 4.69) is 10.3 Å². The van der Waals surface area contributed by atoms with Gasteiger partial charge in [-0.15, -0.1) is 11.8 Å². The molecular formula is C16H14N2OS. The van der Waals surface area contributed by atoms with Gasteiger partial charge in [-0.3, -0.25) is 4.79 Å². The number of hydrogen-bond acceptors (Lipinski definition) is 2. The first-order chi connectivity index (χ1) is 9.78. The highest BCUT2D eigenvalue weighted by Crippen LogP contribution is 2.22. The number of aromatic nitrogens is 1. The van der Waals surface area contributed by atoms with E-state index in [9.17, 15) is 4.79 Å². The monoisotopic (exact) mass is 282 g/mol. The maximum absolute atomic E-state index is 12.4. The fourth-order valence-corrected chi connectivity index (χ4v) is 2.62. The molecule has 3 rings (SSSR count). The van der Waals surface area contributed by atoms with Gasteiger partial charge in [0, 0.05) is 27.7 Å². The minimum Gasteiger partial charge on any atom is -0.360 e. The number of nitrogens with one attached hydrogen (secondary N) is 2. The number of amides is 1. The number of benzene rings is 2. The third-order valence-corrected chi connectivity index (χ3v) is 3.89. The molecule has 0 atom stereocenters. The van der Waals surface area contributed by atoms with Crippen molar-refractivity contribution in [3.05, 3.63) is 60.3 Å². The number of hydrogen-bond donors (Lipinski definition) is 2. The Hall–Kier alpha value is -2.20. The van der Waals surface area contributed by atoms with Crippen molar-refractivity contribution in [3.8, 4) is 0 Å². The van der Waals surface area contributed by atoms with Gasteiger partial charge in [-0.2, -0.15) is 0 Å². The normalized spacial score (nSPS) is 10.7. The molecule has 0 aliphatic rings. The van der Waals surface area contributed by atoms with Gasteiger partial charge in [0.15, 0.2) is 0 Å². The fourth-order valence-electron chi connectivity index (χ4n) is 2.16. The second-order valence-electron chi connectivity index (χ2n) is 4.43. The molecule has 0 fully saturated rings. The number of anilines is 1. The summed E-state index contributed by atoms with van der Waals surface area (Å²) in [5.41, 5.74) is 2.44. The van der Waals surface area contributed by atoms with Gasteiger partial charge in [-0.1, -0.05) is 24.3 Å². The van der Waals surface area contributed by atoms with E-state index in [1.165, 1.54) is 0 Å². The number of carbonyl (C=O) groups excluding carboxylic acids is 1. The highest BCUT2D eigenvalue weighted by atomic mass is 32.2. The number of aromatic amines is 1. The molecule has 2 N–H and O–H groups in total. The van der Waals surface area contributed by atoms with E-state index in [1.54, 1.807) is 18.0 Å². The summed E-state index contributed by atoms with van der Waals surface area (Å²) in [5, 5.41) is 3.88. The van der Waals surface area contributed by atoms with Crippen LogP contribution >= 0.6 is 11.8 Å². The average Bonchev–Trinajstić information content (AvgIpc) is 2.91. The van der Waals surface area contributed by atoms with Crippen molar-refractivity contribution >= 4 is 34.3 Å². The summed E-state index contributed by atoms with van der Waals surface area (Å²) in [5.74, 6) is -0.0966. The molecule has 0 spiro atoms. The van der Waals surface area contributed by atoms with Crippen LogP contribution in [0.5, 0.6) is 0 Å². The van der Waals surface area contributed by atoms with Crippen LogP contribution < -0.4 is 5.32 Å². The number of rotatable bonds is 3. The van der Waals surface area contributed by atoms with E-state index < -0.39 is 0 Å². The lowest BCUT2D eigenvalue weighted by Gasteiger charge is -2.05. The largest absolute Gasteiger partial charge is 0.360 e. The van der Waals surface area contributed by atoms with Gasteiger partial charge in [0.25, 0.3) is 5.91 Å². The van der Waals surface area contributed by atoms with Crippen molar-refractivity contribution in [2.24, 2.45) is 0 Å². The van der Waals surface area contributed by atoms with Crippen LogP contribution in [0.1, 0.15) is 10.4 Å². The molecule has 20 heavy (non-hydrogen) atoms. The highest BCUT2D eigenvalue weighted by molar-refractivity contribution is 7.98. The van der Waals surface area contributed by atoms with Crippen LogP contribution in [0.25, 0.3) is 10.9 Å². The van der Waals surface area contributed by atoms with Gasteiger partial charge in [-0.05, 0) is 30.5 Å². The Morgan fingerprint density at radius 3 is 2.85 bits per heavy atom. The molecule has 1 aromatic heterocycles. The summed E-state index contributed by atoms with van der Waals surface area (Å²) in [4.78, 5) is 16.6. The summed E-state index contributed by atoms with van der Waals surface area (Å²) in [6.07, 6.45) is 3.76. The maximum Gasteiger partial charge on any atom is 0.257 e. The Morgan fingerprint density at radius 1 is 1.15 bits per heavy atom. The lowest BCUT2D eigenvalue weighted by molar-refractivity contribution is 0.102. The molecule has 100 valence electrons. The number of carbonyl (C=O) groups is 1. The summed E-state index contributed by atoms with van der Waals surface area (Å²) >= 11 is 1.65. The van der Waals surface area contributed by atoms with Crippen LogP contribution in [0.3, 0.4) is 0 Å². The van der Waals surface area contributed by atoms with Crippen molar-refractivity contribution < 1.29 is 4.79 Å². The second kappa shape index (κ2) is 5.43. The molecular weight excluding hydrogens is 268 g/mol. The number of H-pyrrole nitrogens is 1. The predicted octanol–water partition coefficient (Wildman–Crippen LogP) is 4.14. The maximum atomic E-state index is 12.4. The summed E-state index contributed by atoms with van der Waals surface area (Å²) in [6, 6.07) is 15.6. The fraction of sp³-hybridized carbons (Fsp3) is 0.0625. The molecule has 0 aliphatic carbocycles. The first-order valence-electron chi connectivity index (χ1n) is 6.29. The van der Waals surface area contributed by atoms with Crippen LogP contribution in [0.4, 0.5) is 5.69 Å². The van der Waals surface area contributed by atoms with E-state index in [0.717, 1.165) is 21.5 Å². The number of para-hydroxylation sites is 1. The first-order valence-corrected chi connectivity index (χ1v) is 7.52. The van der Waals surface area contributed by atoms with E-state index in [-0.39, 0.29) is 5.91 Å². The van der Waals surface area contributed by atoms with Crippen LogP contribution in [-0.4, -0.2) is 17.1 Å². The Balaban J connectivity index is 1.89. The molecule has 1 heterocycles. The minimum absolute atomic E-state index is 0.0966. The van der Waals surface area contributed by atoms with Crippen molar-refractivity contribution in [1.29, 1.82) is 0 Å². The van der Waals surface area contributed by atoms with Gasteiger partial charge in [0.1, 0.15) is 0 Å². The molecule has 4 heteroatoms. The Morgan fingerprint density at radius 2 is 2.00 bits per heavy atom. The van der Waals surface area contributed by atoms with Gasteiger partial charge in [0.05, 0.1) is 5.56 Å². The van der Waals surface area contributed by atoms with Crippen LogP contribution in [0.15, 0.2) is 59.6 Å². The molecule has 0 radical (unpaired) electrons. The molecule has 0 aliphatic heterocycles. The third kappa shape index (κ3) is 2.42. The molecule has 2 aromatic carbocycles. The number of thioether (sulfide) groups is 1. The summed E-state index contributed by atoms with van der Waals surface area (Å²) in [6.45, 7) is 0. The highest BCUT2D eigenvalue weighted by Gasteiger charge is 2.11. The molecule has 0 bridgehead atoms. The summed E-state index contributed by atoms with van der Waals surface area (Å²) in [7, 11) is 0. The quantitative estimate of drug-likeness (QED) is 0.709. The van der Waals surface area contributed by atoms with Crippen molar-refractivity contribution in [1.82, 2.24) is 4.98 Å². The van der Waals surface area contributed by atoms with Gasteiger partial charge in [0.2, 0.25) is 0 Å². The van der Waals surface area contributed by atoms with Crippen molar-refractivity contribution in [3.63, 3.8) is 0 Å². The van der Waals surface area contributed by atoms with E-state index in [0.29, 0.717) is 5.56 Å². The molecule has 3 aromatic rings. The molecule has 0 unspecified atom stereocenters. The predicted molar refractivity (Wildman–Crippen MR) is 84.5 cm³/mol. The second-order valence-corrected chi connectivity index (χ2v) is 5.31. The molecule has 1 amide bonds. The SMILES string of the molecule is CSc1cccc(NC(=O)c2c[nH]c3ccccc23)c1. The third-order valence-electron chi connectivity index (χ3n) is 3.16. The van der Waals surface area contributed by atoms with Gasteiger partial charge in [-0.25, -0.2) is 0 Å². The van der Waals surface area contributed by atoms with E-state index >= 15 is 0 Å². The van der Waals surface area contributed by atoms with Crippen molar-refractivity contribution in [2.45, 2.75) is 4.90 Å². The molecule has 0 saturated heterocycles. The van der Waals surface area contributed by atoms with E-state index in [1.807, 2.05) is 54.8 Å². The van der Waals surface area contributed by atoms with Gasteiger partial charge >= 0.3 is 0 Å². The summed E-state index contributed by atoms with van der Waals surface area (Å²) < 4.78 is 0. The zero-order chi connectivity index (χ0) is 13.9. The van der Waals surface area contributed by atoms with Crippen molar-refractivity contribution in [2.75, 3.05) is 11.6 Å². The van der Waals surface area contributed by atoms with E-state index in [4.69, 9.17) is 0 Å².